The standard InChI is InChI=1S/C25H33F2N3O3S/c1-17-8-9-19(25(2,3)4)15-22(17)34(32,33)29-21-7-5-6-18(14-21)24(31)28-20-10-12-30(13-11-20)16-23(26)27/h5-9,14-15,20,23,29H,10-13,16H2,1-4H3,(H,28,31). The fourth-order valence-corrected chi connectivity index (χ4v) is 5.34. The molecule has 2 aromatic rings. The molecular weight excluding hydrogens is 460 g/mol. The zero-order chi connectivity index (χ0) is 25.1. The molecule has 0 radical (unpaired) electrons. The lowest BCUT2D eigenvalue weighted by Crippen LogP contribution is -2.45. The van der Waals surface area contributed by atoms with Crippen LogP contribution in [0.1, 0.15) is 55.1 Å². The number of nitrogens with zero attached hydrogens (tertiary/aromatic N) is 1. The quantitative estimate of drug-likeness (QED) is 0.593. The summed E-state index contributed by atoms with van der Waals surface area (Å²) in [5.74, 6) is -0.320. The SMILES string of the molecule is Cc1ccc(C(C)(C)C)cc1S(=O)(=O)Nc1cccc(C(=O)NC2CCN(CC(F)F)CC2)c1. The van der Waals surface area contributed by atoms with Gasteiger partial charge in [0.25, 0.3) is 22.4 Å². The molecule has 1 aliphatic rings. The lowest BCUT2D eigenvalue weighted by Gasteiger charge is -2.32. The molecule has 2 N–H and O–H groups in total. The van der Waals surface area contributed by atoms with E-state index in [0.29, 0.717) is 42.7 Å². The van der Waals surface area contributed by atoms with Crippen LogP contribution in [0.15, 0.2) is 47.4 Å². The van der Waals surface area contributed by atoms with Crippen LogP contribution in [0.25, 0.3) is 0 Å². The Morgan fingerprint density at radius 2 is 1.79 bits per heavy atom. The van der Waals surface area contributed by atoms with Gasteiger partial charge in [0.05, 0.1) is 11.4 Å². The first kappa shape index (κ1) is 26.1. The Morgan fingerprint density at radius 1 is 1.12 bits per heavy atom. The van der Waals surface area contributed by atoms with Crippen LogP contribution in [0.2, 0.25) is 0 Å². The summed E-state index contributed by atoms with van der Waals surface area (Å²) in [5.41, 5.74) is 1.96. The van der Waals surface area contributed by atoms with E-state index in [9.17, 15) is 22.0 Å². The van der Waals surface area contributed by atoms with Crippen molar-refractivity contribution in [3.8, 4) is 0 Å². The third kappa shape index (κ3) is 6.76. The van der Waals surface area contributed by atoms with Gasteiger partial charge >= 0.3 is 0 Å². The van der Waals surface area contributed by atoms with E-state index in [0.717, 1.165) is 5.56 Å². The molecule has 2 aromatic carbocycles. The van der Waals surface area contributed by atoms with E-state index in [4.69, 9.17) is 0 Å². The second-order valence-electron chi connectivity index (χ2n) is 9.86. The van der Waals surface area contributed by atoms with Crippen molar-refractivity contribution in [3.63, 3.8) is 0 Å². The number of rotatable bonds is 7. The first-order chi connectivity index (χ1) is 15.8. The third-order valence-corrected chi connectivity index (χ3v) is 7.56. The van der Waals surface area contributed by atoms with Crippen molar-refractivity contribution >= 4 is 21.6 Å². The van der Waals surface area contributed by atoms with Crippen LogP contribution >= 0.6 is 0 Å². The maximum atomic E-state index is 13.1. The number of nitrogens with one attached hydrogen (secondary N) is 2. The van der Waals surface area contributed by atoms with Crippen molar-refractivity contribution < 1.29 is 22.0 Å². The average molecular weight is 494 g/mol. The van der Waals surface area contributed by atoms with Gasteiger partial charge in [0.2, 0.25) is 0 Å². The number of carbonyl (C=O) groups is 1. The van der Waals surface area contributed by atoms with Gasteiger partial charge in [-0.25, -0.2) is 17.2 Å². The van der Waals surface area contributed by atoms with Crippen molar-refractivity contribution in [2.24, 2.45) is 0 Å². The largest absolute Gasteiger partial charge is 0.349 e. The normalized spacial score (nSPS) is 16.0. The van der Waals surface area contributed by atoms with Crippen molar-refractivity contribution in [2.45, 2.75) is 63.3 Å². The highest BCUT2D eigenvalue weighted by atomic mass is 32.2. The maximum absolute atomic E-state index is 13.1. The summed E-state index contributed by atoms with van der Waals surface area (Å²) in [6, 6.07) is 11.6. The lowest BCUT2D eigenvalue weighted by molar-refractivity contribution is 0.0696. The number of amides is 1. The molecule has 0 saturated carbocycles. The number of piperidine rings is 1. The fraction of sp³-hybridized carbons (Fsp3) is 0.480. The molecule has 1 fully saturated rings. The number of aryl methyl sites for hydroxylation is 1. The summed E-state index contributed by atoms with van der Waals surface area (Å²) in [5, 5.41) is 2.93. The minimum atomic E-state index is -3.86. The van der Waals surface area contributed by atoms with Crippen molar-refractivity contribution in [1.82, 2.24) is 10.2 Å². The topological polar surface area (TPSA) is 78.5 Å². The molecule has 0 spiro atoms. The Kier molecular flexibility index (Phi) is 7.98. The van der Waals surface area contributed by atoms with Gasteiger partial charge in [-0.15, -0.1) is 0 Å². The number of sulfonamides is 1. The second-order valence-corrected chi connectivity index (χ2v) is 11.5. The number of likely N-dealkylation sites (tertiary alicyclic amines) is 1. The van der Waals surface area contributed by atoms with Gasteiger partial charge in [0.1, 0.15) is 0 Å². The summed E-state index contributed by atoms with van der Waals surface area (Å²) in [6.45, 7) is 8.56. The molecule has 0 aromatic heterocycles. The Balaban J connectivity index is 1.69. The molecule has 3 rings (SSSR count). The number of alkyl halides is 2. The first-order valence-electron chi connectivity index (χ1n) is 11.4. The van der Waals surface area contributed by atoms with Gasteiger partial charge in [-0.05, 0) is 60.6 Å². The molecule has 0 unspecified atom stereocenters. The average Bonchev–Trinajstić information content (AvgIpc) is 2.74. The summed E-state index contributed by atoms with van der Waals surface area (Å²) in [7, 11) is -3.86. The number of hydrogen-bond donors (Lipinski definition) is 2. The Labute approximate surface area is 200 Å². The van der Waals surface area contributed by atoms with Crippen molar-refractivity contribution in [1.29, 1.82) is 0 Å². The highest BCUT2D eigenvalue weighted by Gasteiger charge is 2.24. The second kappa shape index (κ2) is 10.4. The van der Waals surface area contributed by atoms with E-state index in [1.807, 2.05) is 26.8 Å². The number of anilines is 1. The smallest absolute Gasteiger partial charge is 0.262 e. The zero-order valence-corrected chi connectivity index (χ0v) is 20.9. The van der Waals surface area contributed by atoms with Crippen LogP contribution in [-0.2, 0) is 15.4 Å². The van der Waals surface area contributed by atoms with Gasteiger partial charge < -0.3 is 5.32 Å². The number of halogens is 2. The van der Waals surface area contributed by atoms with Crippen LogP contribution in [0.4, 0.5) is 14.5 Å². The Bertz CT molecular complexity index is 1120. The third-order valence-electron chi connectivity index (χ3n) is 6.04. The summed E-state index contributed by atoms with van der Waals surface area (Å²) in [6.07, 6.45) is -1.18. The molecule has 186 valence electrons. The molecule has 1 saturated heterocycles. The van der Waals surface area contributed by atoms with E-state index >= 15 is 0 Å². The predicted octanol–water partition coefficient (Wildman–Crippen LogP) is 4.55. The fourth-order valence-electron chi connectivity index (χ4n) is 4.01. The van der Waals surface area contributed by atoms with E-state index in [2.05, 4.69) is 10.0 Å². The van der Waals surface area contributed by atoms with Crippen LogP contribution < -0.4 is 10.0 Å². The van der Waals surface area contributed by atoms with Gasteiger partial charge in [-0.1, -0.05) is 39.0 Å². The van der Waals surface area contributed by atoms with Gasteiger partial charge in [-0.3, -0.25) is 14.4 Å². The predicted molar refractivity (Wildman–Crippen MR) is 130 cm³/mol. The van der Waals surface area contributed by atoms with Gasteiger partial charge in [-0.2, -0.15) is 0 Å². The lowest BCUT2D eigenvalue weighted by atomic mass is 9.87. The molecule has 0 bridgehead atoms. The Hall–Kier alpha value is -2.52. The first-order valence-corrected chi connectivity index (χ1v) is 12.9. The van der Waals surface area contributed by atoms with Gasteiger partial charge in [0.15, 0.2) is 0 Å². The molecule has 1 heterocycles. The van der Waals surface area contributed by atoms with E-state index in [-0.39, 0.29) is 28.8 Å². The van der Waals surface area contributed by atoms with Crippen LogP contribution in [0, 0.1) is 6.92 Å². The van der Waals surface area contributed by atoms with E-state index in [1.165, 1.54) is 6.07 Å². The van der Waals surface area contributed by atoms with E-state index in [1.54, 1.807) is 42.2 Å². The highest BCUT2D eigenvalue weighted by molar-refractivity contribution is 7.92. The maximum Gasteiger partial charge on any atom is 0.262 e. The molecule has 0 atom stereocenters. The number of benzene rings is 2. The molecule has 9 heteroatoms. The zero-order valence-electron chi connectivity index (χ0n) is 20.1. The van der Waals surface area contributed by atoms with Gasteiger partial charge in [0, 0.05) is 30.4 Å². The molecule has 0 aliphatic carbocycles. The molecule has 1 amide bonds. The summed E-state index contributed by atoms with van der Waals surface area (Å²) >= 11 is 0. The summed E-state index contributed by atoms with van der Waals surface area (Å²) in [4.78, 5) is 14.6. The molecule has 34 heavy (non-hydrogen) atoms. The van der Waals surface area contributed by atoms with Crippen LogP contribution in [0.3, 0.4) is 0 Å². The van der Waals surface area contributed by atoms with Crippen LogP contribution in [0.5, 0.6) is 0 Å². The van der Waals surface area contributed by atoms with E-state index < -0.39 is 16.4 Å². The minimum absolute atomic E-state index is 0.107. The monoisotopic (exact) mass is 493 g/mol. The Morgan fingerprint density at radius 3 is 2.41 bits per heavy atom. The minimum Gasteiger partial charge on any atom is -0.349 e. The highest BCUT2D eigenvalue weighted by Crippen LogP contribution is 2.28. The van der Waals surface area contributed by atoms with Crippen molar-refractivity contribution in [2.75, 3.05) is 24.4 Å². The van der Waals surface area contributed by atoms with Crippen molar-refractivity contribution in [3.05, 3.63) is 59.2 Å². The van der Waals surface area contributed by atoms with Crippen LogP contribution in [-0.4, -0.2) is 51.3 Å². The number of carbonyl (C=O) groups excluding carboxylic acids is 1. The summed E-state index contributed by atoms with van der Waals surface area (Å²) < 4.78 is 54.0. The number of hydrogen-bond acceptors (Lipinski definition) is 4. The molecular formula is C25H33F2N3O3S. The molecule has 1 aliphatic heterocycles. The molecule has 6 nitrogen and oxygen atoms in total.